The van der Waals surface area contributed by atoms with E-state index < -0.39 is 5.82 Å². The molecule has 104 valence electrons. The molecule has 0 amide bonds. The number of para-hydroxylation sites is 1. The average molecular weight is 290 g/mol. The van der Waals surface area contributed by atoms with E-state index in [1.54, 1.807) is 17.8 Å². The molecule has 2 aromatic carbocycles. The number of benzene rings is 2. The van der Waals surface area contributed by atoms with Crippen LogP contribution in [-0.2, 0) is 6.61 Å². The van der Waals surface area contributed by atoms with Crippen molar-refractivity contribution in [3.8, 4) is 5.75 Å². The zero-order valence-electron chi connectivity index (χ0n) is 11.0. The van der Waals surface area contributed by atoms with E-state index in [9.17, 15) is 4.39 Å². The number of nitrogens with two attached hydrogens (primary N) is 1. The van der Waals surface area contributed by atoms with Crippen LogP contribution in [0.3, 0.4) is 0 Å². The molecular weight excluding hydrogens is 275 g/mol. The van der Waals surface area contributed by atoms with Gasteiger partial charge in [-0.25, -0.2) is 4.39 Å². The molecule has 0 atom stereocenters. The highest BCUT2D eigenvalue weighted by molar-refractivity contribution is 7.98. The molecule has 20 heavy (non-hydrogen) atoms. The van der Waals surface area contributed by atoms with Crippen LogP contribution in [0.4, 0.5) is 4.39 Å². The fraction of sp³-hybridized carbons (Fsp3) is 0.133. The van der Waals surface area contributed by atoms with E-state index in [1.807, 2.05) is 30.5 Å². The molecule has 3 nitrogen and oxygen atoms in total. The minimum atomic E-state index is -0.413. The van der Waals surface area contributed by atoms with Crippen LogP contribution in [0.15, 0.2) is 47.4 Å². The number of rotatable bonds is 5. The van der Waals surface area contributed by atoms with Crippen molar-refractivity contribution < 1.29 is 9.13 Å². The minimum absolute atomic E-state index is 0.166. The van der Waals surface area contributed by atoms with Gasteiger partial charge in [-0.1, -0.05) is 18.2 Å². The van der Waals surface area contributed by atoms with E-state index in [-0.39, 0.29) is 12.4 Å². The van der Waals surface area contributed by atoms with E-state index >= 15 is 0 Å². The first-order valence-corrected chi connectivity index (χ1v) is 7.23. The third-order valence-electron chi connectivity index (χ3n) is 2.81. The number of hydrogen-bond donors (Lipinski definition) is 2. The van der Waals surface area contributed by atoms with Gasteiger partial charge in [0.25, 0.3) is 0 Å². The minimum Gasteiger partial charge on any atom is -0.488 e. The molecule has 5 heteroatoms. The Morgan fingerprint density at radius 2 is 2.05 bits per heavy atom. The molecule has 0 aliphatic heterocycles. The molecule has 0 aliphatic carbocycles. The lowest BCUT2D eigenvalue weighted by molar-refractivity contribution is 0.298. The summed E-state index contributed by atoms with van der Waals surface area (Å²) in [6, 6.07) is 11.9. The molecule has 0 radical (unpaired) electrons. The highest BCUT2D eigenvalue weighted by Crippen LogP contribution is 2.27. The number of thioether (sulfide) groups is 1. The molecular formula is C15H15FN2OS. The zero-order valence-corrected chi connectivity index (χ0v) is 11.8. The summed E-state index contributed by atoms with van der Waals surface area (Å²) >= 11 is 1.59. The van der Waals surface area contributed by atoms with Gasteiger partial charge < -0.3 is 10.5 Å². The lowest BCUT2D eigenvalue weighted by Crippen LogP contribution is -2.15. The zero-order chi connectivity index (χ0) is 14.5. The number of nitrogen functional groups attached to an aromatic ring is 1. The van der Waals surface area contributed by atoms with Gasteiger partial charge in [-0.15, -0.1) is 11.8 Å². The molecule has 0 aromatic heterocycles. The summed E-state index contributed by atoms with van der Waals surface area (Å²) < 4.78 is 18.9. The Labute approximate surface area is 121 Å². The van der Waals surface area contributed by atoms with E-state index in [1.165, 1.54) is 12.1 Å². The van der Waals surface area contributed by atoms with Crippen LogP contribution < -0.4 is 10.5 Å². The van der Waals surface area contributed by atoms with Crippen LogP contribution >= 0.6 is 11.8 Å². The second-order valence-corrected chi connectivity index (χ2v) is 5.00. The molecule has 2 aromatic rings. The van der Waals surface area contributed by atoms with E-state index in [0.717, 1.165) is 10.6 Å². The van der Waals surface area contributed by atoms with E-state index in [2.05, 4.69) is 0 Å². The van der Waals surface area contributed by atoms with Gasteiger partial charge in [0.15, 0.2) is 0 Å². The van der Waals surface area contributed by atoms with Gasteiger partial charge in [-0.05, 0) is 30.5 Å². The molecule has 3 N–H and O–H groups in total. The first-order valence-electron chi connectivity index (χ1n) is 6.00. The number of nitrogens with one attached hydrogen (secondary N) is 1. The summed E-state index contributed by atoms with van der Waals surface area (Å²) in [4.78, 5) is 1.03. The number of ether oxygens (including phenoxy) is 1. The van der Waals surface area contributed by atoms with Crippen LogP contribution in [0.5, 0.6) is 5.75 Å². The van der Waals surface area contributed by atoms with Gasteiger partial charge in [0.1, 0.15) is 24.0 Å². The first-order chi connectivity index (χ1) is 9.61. The second kappa shape index (κ2) is 6.43. The molecule has 0 heterocycles. The van der Waals surface area contributed by atoms with Crippen molar-refractivity contribution in [1.82, 2.24) is 0 Å². The fourth-order valence-corrected chi connectivity index (χ4v) is 2.36. The van der Waals surface area contributed by atoms with Gasteiger partial charge in [-0.3, -0.25) is 5.41 Å². The third-order valence-corrected chi connectivity index (χ3v) is 3.59. The molecule has 0 unspecified atom stereocenters. The SMILES string of the molecule is CSc1ccccc1OCc1ccc(F)cc1C(=N)N. The van der Waals surface area contributed by atoms with Crippen LogP contribution in [-0.4, -0.2) is 12.1 Å². The van der Waals surface area contributed by atoms with Crippen molar-refractivity contribution in [1.29, 1.82) is 5.41 Å². The topological polar surface area (TPSA) is 59.1 Å². The average Bonchev–Trinajstić information content (AvgIpc) is 2.46. The second-order valence-electron chi connectivity index (χ2n) is 4.15. The monoisotopic (exact) mass is 290 g/mol. The van der Waals surface area contributed by atoms with Gasteiger partial charge >= 0.3 is 0 Å². The normalized spacial score (nSPS) is 10.3. The van der Waals surface area contributed by atoms with Gasteiger partial charge in [0, 0.05) is 16.0 Å². The Morgan fingerprint density at radius 3 is 2.75 bits per heavy atom. The molecule has 2 rings (SSSR count). The molecule has 0 spiro atoms. The Morgan fingerprint density at radius 1 is 1.30 bits per heavy atom. The Kier molecular flexibility index (Phi) is 4.63. The highest BCUT2D eigenvalue weighted by atomic mass is 32.2. The number of amidine groups is 1. The summed E-state index contributed by atoms with van der Waals surface area (Å²) in [6.45, 7) is 0.243. The Balaban J connectivity index is 2.21. The molecule has 0 aliphatic rings. The number of halogens is 1. The van der Waals surface area contributed by atoms with Crippen molar-refractivity contribution in [2.24, 2.45) is 5.73 Å². The van der Waals surface area contributed by atoms with Crippen LogP contribution in [0.2, 0.25) is 0 Å². The van der Waals surface area contributed by atoms with Gasteiger partial charge in [0.05, 0.1) is 0 Å². The van der Waals surface area contributed by atoms with Gasteiger partial charge in [-0.2, -0.15) is 0 Å². The van der Waals surface area contributed by atoms with Crippen LogP contribution in [0.1, 0.15) is 11.1 Å². The largest absolute Gasteiger partial charge is 0.488 e. The quantitative estimate of drug-likeness (QED) is 0.504. The summed E-state index contributed by atoms with van der Waals surface area (Å²) in [7, 11) is 0. The maximum Gasteiger partial charge on any atom is 0.133 e. The van der Waals surface area contributed by atoms with Crippen molar-refractivity contribution in [3.63, 3.8) is 0 Å². The smallest absolute Gasteiger partial charge is 0.133 e. The predicted octanol–water partition coefficient (Wildman–Crippen LogP) is 3.41. The molecule has 0 bridgehead atoms. The summed E-state index contributed by atoms with van der Waals surface area (Å²) in [5.74, 6) is 0.184. The van der Waals surface area contributed by atoms with Crippen molar-refractivity contribution >= 4 is 17.6 Å². The van der Waals surface area contributed by atoms with Gasteiger partial charge in [0.2, 0.25) is 0 Å². The van der Waals surface area contributed by atoms with Crippen molar-refractivity contribution in [2.45, 2.75) is 11.5 Å². The van der Waals surface area contributed by atoms with Crippen molar-refractivity contribution in [2.75, 3.05) is 6.26 Å². The number of hydrogen-bond acceptors (Lipinski definition) is 3. The molecule has 0 saturated heterocycles. The maximum absolute atomic E-state index is 13.2. The Hall–Kier alpha value is -2.01. The third kappa shape index (κ3) is 3.30. The first kappa shape index (κ1) is 14.4. The lowest BCUT2D eigenvalue weighted by atomic mass is 10.1. The summed E-state index contributed by atoms with van der Waals surface area (Å²) in [6.07, 6.45) is 1.97. The molecule has 0 saturated carbocycles. The van der Waals surface area contributed by atoms with Crippen LogP contribution in [0.25, 0.3) is 0 Å². The lowest BCUT2D eigenvalue weighted by Gasteiger charge is -2.12. The maximum atomic E-state index is 13.2. The summed E-state index contributed by atoms with van der Waals surface area (Å²) in [5, 5.41) is 7.49. The van der Waals surface area contributed by atoms with Crippen molar-refractivity contribution in [3.05, 3.63) is 59.4 Å². The van der Waals surface area contributed by atoms with E-state index in [4.69, 9.17) is 15.9 Å². The summed E-state index contributed by atoms with van der Waals surface area (Å²) in [5.41, 5.74) is 6.52. The fourth-order valence-electron chi connectivity index (χ4n) is 1.82. The van der Waals surface area contributed by atoms with Crippen LogP contribution in [0, 0.1) is 11.2 Å². The Bertz CT molecular complexity index is 631. The van der Waals surface area contributed by atoms with E-state index in [0.29, 0.717) is 11.1 Å². The highest BCUT2D eigenvalue weighted by Gasteiger charge is 2.09. The predicted molar refractivity (Wildman–Crippen MR) is 80.0 cm³/mol. The standard InChI is InChI=1S/C15H15FN2OS/c1-20-14-5-3-2-4-13(14)19-9-10-6-7-11(16)8-12(10)15(17)18/h2-8H,9H2,1H3,(H3,17,18). The molecule has 0 fully saturated rings.